The predicted octanol–water partition coefficient (Wildman–Crippen LogP) is 2.68. The van der Waals surface area contributed by atoms with Gasteiger partial charge in [0.25, 0.3) is 0 Å². The lowest BCUT2D eigenvalue weighted by Crippen LogP contribution is -2.27. The molecule has 2 N–H and O–H groups in total. The van der Waals surface area contributed by atoms with E-state index in [4.69, 9.17) is 5.11 Å². The summed E-state index contributed by atoms with van der Waals surface area (Å²) in [4.78, 5) is 16.6. The molecule has 0 aromatic carbocycles. The van der Waals surface area contributed by atoms with Crippen molar-refractivity contribution < 1.29 is 9.90 Å². The summed E-state index contributed by atoms with van der Waals surface area (Å²) in [5.41, 5.74) is 1.13. The number of hydrogen-bond acceptors (Lipinski definition) is 4. The maximum absolute atomic E-state index is 12.4. The second-order valence-electron chi connectivity index (χ2n) is 6.10. The van der Waals surface area contributed by atoms with Gasteiger partial charge in [-0.3, -0.25) is 4.79 Å². The summed E-state index contributed by atoms with van der Waals surface area (Å²) in [7, 11) is 0. The van der Waals surface area contributed by atoms with Crippen molar-refractivity contribution in [2.75, 3.05) is 17.7 Å². The Morgan fingerprint density at radius 3 is 3.05 bits per heavy atom. The summed E-state index contributed by atoms with van der Waals surface area (Å²) in [6.45, 7) is 0.198. The number of amides is 1. The quantitative estimate of drug-likeness (QED) is 0.793. The molecule has 114 valence electrons. The highest BCUT2D eigenvalue weighted by Crippen LogP contribution is 2.48. The maximum atomic E-state index is 12.4. The van der Waals surface area contributed by atoms with Crippen LogP contribution < -0.4 is 5.32 Å². The summed E-state index contributed by atoms with van der Waals surface area (Å²) in [6.07, 6.45) is 6.56. The van der Waals surface area contributed by atoms with E-state index in [1.165, 1.54) is 19.3 Å². The summed E-state index contributed by atoms with van der Waals surface area (Å²) in [5, 5.41) is 11.8. The highest BCUT2D eigenvalue weighted by atomic mass is 32.2. The van der Waals surface area contributed by atoms with Crippen molar-refractivity contribution in [1.29, 1.82) is 0 Å². The fourth-order valence-corrected chi connectivity index (χ4v) is 4.36. The minimum Gasteiger partial charge on any atom is -0.396 e. The van der Waals surface area contributed by atoms with Gasteiger partial charge in [-0.15, -0.1) is 0 Å². The molecule has 0 saturated heterocycles. The van der Waals surface area contributed by atoms with Gasteiger partial charge >= 0.3 is 0 Å². The van der Waals surface area contributed by atoms with Crippen molar-refractivity contribution in [3.05, 3.63) is 23.9 Å². The van der Waals surface area contributed by atoms with Gasteiger partial charge in [0, 0.05) is 23.6 Å². The number of carbonyl (C=O) groups excluding carboxylic acids is 1. The van der Waals surface area contributed by atoms with Gasteiger partial charge < -0.3 is 10.4 Å². The van der Waals surface area contributed by atoms with Gasteiger partial charge in [0.05, 0.1) is 6.61 Å². The number of carbonyl (C=O) groups is 1. The minimum absolute atomic E-state index is 0.148. The SMILES string of the molecule is O=C(Nc1cc(CSCCO)ccn1)C1CC2CCC1C2. The normalized spacial score (nSPS) is 27.0. The van der Waals surface area contributed by atoms with Crippen molar-refractivity contribution in [2.45, 2.75) is 31.4 Å². The van der Waals surface area contributed by atoms with E-state index in [0.29, 0.717) is 11.7 Å². The van der Waals surface area contributed by atoms with Crippen LogP contribution in [0, 0.1) is 17.8 Å². The second kappa shape index (κ2) is 6.79. The number of anilines is 1. The Morgan fingerprint density at radius 2 is 2.33 bits per heavy atom. The van der Waals surface area contributed by atoms with Crippen LogP contribution in [0.5, 0.6) is 0 Å². The third-order valence-corrected chi connectivity index (χ3v) is 5.66. The fraction of sp³-hybridized carbons (Fsp3) is 0.625. The lowest BCUT2D eigenvalue weighted by atomic mass is 9.88. The molecule has 2 bridgehead atoms. The molecule has 0 radical (unpaired) electrons. The zero-order valence-electron chi connectivity index (χ0n) is 12.1. The molecule has 5 heteroatoms. The summed E-state index contributed by atoms with van der Waals surface area (Å²) >= 11 is 1.68. The van der Waals surface area contributed by atoms with E-state index in [1.807, 2.05) is 12.1 Å². The Labute approximate surface area is 129 Å². The first-order chi connectivity index (χ1) is 10.3. The molecule has 3 unspecified atom stereocenters. The molecular weight excluding hydrogens is 284 g/mol. The third kappa shape index (κ3) is 3.58. The number of rotatable bonds is 6. The van der Waals surface area contributed by atoms with Crippen LogP contribution in [0.4, 0.5) is 5.82 Å². The number of aliphatic hydroxyl groups is 1. The average molecular weight is 306 g/mol. The molecule has 2 aliphatic carbocycles. The van der Waals surface area contributed by atoms with E-state index in [9.17, 15) is 4.79 Å². The van der Waals surface area contributed by atoms with Gasteiger partial charge in [-0.25, -0.2) is 4.98 Å². The Bertz CT molecular complexity index is 509. The molecule has 2 fully saturated rings. The molecule has 3 rings (SSSR count). The van der Waals surface area contributed by atoms with Crippen molar-refractivity contribution in [1.82, 2.24) is 4.98 Å². The molecule has 3 atom stereocenters. The van der Waals surface area contributed by atoms with Crippen LogP contribution in [0.25, 0.3) is 0 Å². The number of aromatic nitrogens is 1. The van der Waals surface area contributed by atoms with Crippen LogP contribution in [0.3, 0.4) is 0 Å². The van der Waals surface area contributed by atoms with Crippen LogP contribution in [0.1, 0.15) is 31.2 Å². The van der Waals surface area contributed by atoms with Gasteiger partial charge in [-0.1, -0.05) is 6.42 Å². The fourth-order valence-electron chi connectivity index (χ4n) is 3.67. The molecular formula is C16H22N2O2S. The lowest BCUT2D eigenvalue weighted by molar-refractivity contribution is -0.121. The summed E-state index contributed by atoms with van der Waals surface area (Å²) in [5.74, 6) is 3.94. The first kappa shape index (κ1) is 14.9. The maximum Gasteiger partial charge on any atom is 0.228 e. The standard InChI is InChI=1S/C16H22N2O2S/c19-5-6-21-10-12-3-4-17-15(9-12)18-16(20)14-8-11-1-2-13(14)7-11/h3-4,9,11,13-14,19H,1-2,5-8,10H2,(H,17,18,20). The number of pyridine rings is 1. The van der Waals surface area contributed by atoms with Crippen molar-refractivity contribution in [2.24, 2.45) is 17.8 Å². The van der Waals surface area contributed by atoms with Crippen LogP contribution in [-0.4, -0.2) is 28.4 Å². The molecule has 2 aliphatic rings. The first-order valence-corrected chi connectivity index (χ1v) is 8.86. The smallest absolute Gasteiger partial charge is 0.228 e. The molecule has 21 heavy (non-hydrogen) atoms. The number of nitrogens with zero attached hydrogens (tertiary/aromatic N) is 1. The number of fused-ring (bicyclic) bond motifs is 2. The van der Waals surface area contributed by atoms with E-state index >= 15 is 0 Å². The zero-order chi connectivity index (χ0) is 14.7. The largest absolute Gasteiger partial charge is 0.396 e. The van der Waals surface area contributed by atoms with Gasteiger partial charge in [0.15, 0.2) is 0 Å². The molecule has 4 nitrogen and oxygen atoms in total. The number of nitrogens with one attached hydrogen (secondary N) is 1. The molecule has 1 aromatic rings. The minimum atomic E-state index is 0.148. The third-order valence-electron chi connectivity index (χ3n) is 4.65. The summed E-state index contributed by atoms with van der Waals surface area (Å²) < 4.78 is 0. The topological polar surface area (TPSA) is 62.2 Å². The van der Waals surface area contributed by atoms with Crippen molar-refractivity contribution in [3.63, 3.8) is 0 Å². The van der Waals surface area contributed by atoms with Gasteiger partial charge in [0.1, 0.15) is 5.82 Å². The second-order valence-corrected chi connectivity index (χ2v) is 7.20. The molecule has 1 amide bonds. The average Bonchev–Trinajstić information content (AvgIpc) is 3.11. The van der Waals surface area contributed by atoms with E-state index in [1.54, 1.807) is 18.0 Å². The number of thioether (sulfide) groups is 1. The first-order valence-electron chi connectivity index (χ1n) is 7.70. The molecule has 1 aromatic heterocycles. The summed E-state index contributed by atoms with van der Waals surface area (Å²) in [6, 6.07) is 3.90. The lowest BCUT2D eigenvalue weighted by Gasteiger charge is -2.20. The monoisotopic (exact) mass is 306 g/mol. The van der Waals surface area contributed by atoms with E-state index < -0.39 is 0 Å². The number of aliphatic hydroxyl groups excluding tert-OH is 1. The molecule has 0 spiro atoms. The highest BCUT2D eigenvalue weighted by molar-refractivity contribution is 7.98. The van der Waals surface area contributed by atoms with Crippen LogP contribution in [-0.2, 0) is 10.5 Å². The highest BCUT2D eigenvalue weighted by Gasteiger charge is 2.43. The Morgan fingerprint density at radius 1 is 1.43 bits per heavy atom. The zero-order valence-corrected chi connectivity index (χ0v) is 12.9. The van der Waals surface area contributed by atoms with Crippen LogP contribution >= 0.6 is 11.8 Å². The van der Waals surface area contributed by atoms with E-state index in [0.717, 1.165) is 29.4 Å². The van der Waals surface area contributed by atoms with E-state index in [-0.39, 0.29) is 18.4 Å². The molecule has 1 heterocycles. The van der Waals surface area contributed by atoms with Crippen molar-refractivity contribution in [3.8, 4) is 0 Å². The Kier molecular flexibility index (Phi) is 4.80. The van der Waals surface area contributed by atoms with E-state index in [2.05, 4.69) is 10.3 Å². The van der Waals surface area contributed by atoms with Crippen LogP contribution in [0.15, 0.2) is 18.3 Å². The predicted molar refractivity (Wildman–Crippen MR) is 85.1 cm³/mol. The van der Waals surface area contributed by atoms with Gasteiger partial charge in [-0.05, 0) is 48.8 Å². The number of hydrogen-bond donors (Lipinski definition) is 2. The van der Waals surface area contributed by atoms with Crippen LogP contribution in [0.2, 0.25) is 0 Å². The van der Waals surface area contributed by atoms with Crippen molar-refractivity contribution >= 4 is 23.5 Å². The molecule has 2 saturated carbocycles. The Hall–Kier alpha value is -1.07. The molecule has 0 aliphatic heterocycles. The van der Waals surface area contributed by atoms with Gasteiger partial charge in [0.2, 0.25) is 5.91 Å². The van der Waals surface area contributed by atoms with Gasteiger partial charge in [-0.2, -0.15) is 11.8 Å². The Balaban J connectivity index is 1.57.